The maximum atomic E-state index is 12.7. The van der Waals surface area contributed by atoms with Crippen LogP contribution < -0.4 is 5.43 Å². The number of non-ortho nitro benzene ring substituents is 1. The topological polar surface area (TPSA) is 78.0 Å². The van der Waals surface area contributed by atoms with Gasteiger partial charge in [0.15, 0.2) is 0 Å². The number of nitro benzene ring substituents is 1. The Bertz CT molecular complexity index is 1290. The standard InChI is InChI=1S/C23H17N3O3/c1-16-6-8-17(9-7-16)10-15-21-20-4-2-3-5-22(27)23(20)25(24-21)18-11-13-19(14-12-18)26(28)29/h2-15H,1H3. The Morgan fingerprint density at radius 2 is 1.62 bits per heavy atom. The van der Waals surface area contributed by atoms with Gasteiger partial charge in [0.25, 0.3) is 5.69 Å². The Morgan fingerprint density at radius 1 is 0.931 bits per heavy atom. The molecular weight excluding hydrogens is 366 g/mol. The summed E-state index contributed by atoms with van der Waals surface area (Å²) in [5.74, 6) is 0. The summed E-state index contributed by atoms with van der Waals surface area (Å²) >= 11 is 0. The zero-order valence-electron chi connectivity index (χ0n) is 15.6. The minimum Gasteiger partial charge on any atom is -0.288 e. The largest absolute Gasteiger partial charge is 0.288 e. The van der Waals surface area contributed by atoms with Crippen LogP contribution >= 0.6 is 0 Å². The molecule has 1 heterocycles. The first kappa shape index (κ1) is 18.3. The van der Waals surface area contributed by atoms with Crippen molar-refractivity contribution in [1.82, 2.24) is 9.78 Å². The van der Waals surface area contributed by atoms with Crippen molar-refractivity contribution in [2.45, 2.75) is 6.92 Å². The van der Waals surface area contributed by atoms with E-state index in [9.17, 15) is 14.9 Å². The van der Waals surface area contributed by atoms with Crippen molar-refractivity contribution >= 4 is 28.7 Å². The summed E-state index contributed by atoms with van der Waals surface area (Å²) in [7, 11) is 0. The van der Waals surface area contributed by atoms with E-state index < -0.39 is 4.92 Å². The molecule has 0 amide bonds. The van der Waals surface area contributed by atoms with Crippen LogP contribution in [0.3, 0.4) is 0 Å². The Hall–Kier alpha value is -4.06. The van der Waals surface area contributed by atoms with E-state index in [0.717, 1.165) is 5.56 Å². The van der Waals surface area contributed by atoms with Gasteiger partial charge in [0.1, 0.15) is 5.52 Å². The van der Waals surface area contributed by atoms with Crippen molar-refractivity contribution in [3.05, 3.63) is 110 Å². The summed E-state index contributed by atoms with van der Waals surface area (Å²) in [4.78, 5) is 23.1. The Kier molecular flexibility index (Phi) is 4.75. The van der Waals surface area contributed by atoms with Gasteiger partial charge in [-0.2, -0.15) is 5.10 Å². The fraction of sp³-hybridized carbons (Fsp3) is 0.0435. The van der Waals surface area contributed by atoms with E-state index in [1.54, 1.807) is 24.3 Å². The minimum absolute atomic E-state index is 0.0161. The number of fused-ring (bicyclic) bond motifs is 1. The minimum atomic E-state index is -0.459. The molecule has 0 radical (unpaired) electrons. The molecule has 0 bridgehead atoms. The molecule has 0 saturated heterocycles. The highest BCUT2D eigenvalue weighted by molar-refractivity contribution is 5.90. The number of rotatable bonds is 4. The van der Waals surface area contributed by atoms with Crippen LogP contribution in [-0.2, 0) is 0 Å². The van der Waals surface area contributed by atoms with E-state index in [1.807, 2.05) is 49.4 Å². The van der Waals surface area contributed by atoms with Gasteiger partial charge in [0.05, 0.1) is 16.3 Å². The Morgan fingerprint density at radius 3 is 2.31 bits per heavy atom. The lowest BCUT2D eigenvalue weighted by Gasteiger charge is -2.01. The van der Waals surface area contributed by atoms with Gasteiger partial charge in [-0.3, -0.25) is 14.9 Å². The average molecular weight is 383 g/mol. The van der Waals surface area contributed by atoms with Crippen LogP contribution in [0.4, 0.5) is 5.69 Å². The van der Waals surface area contributed by atoms with Crippen molar-refractivity contribution in [2.75, 3.05) is 0 Å². The normalized spacial score (nSPS) is 11.2. The molecular formula is C23H17N3O3. The van der Waals surface area contributed by atoms with Gasteiger partial charge in [-0.15, -0.1) is 0 Å². The number of hydrogen-bond acceptors (Lipinski definition) is 4. The van der Waals surface area contributed by atoms with Crippen molar-refractivity contribution < 1.29 is 4.92 Å². The molecule has 4 aromatic rings. The van der Waals surface area contributed by atoms with E-state index >= 15 is 0 Å². The molecule has 0 atom stereocenters. The first-order valence-electron chi connectivity index (χ1n) is 9.04. The lowest BCUT2D eigenvalue weighted by Crippen LogP contribution is -2.05. The van der Waals surface area contributed by atoms with Crippen LogP contribution in [0.25, 0.3) is 28.7 Å². The summed E-state index contributed by atoms with van der Waals surface area (Å²) in [5, 5.41) is 16.3. The number of aromatic nitrogens is 2. The molecule has 6 heteroatoms. The van der Waals surface area contributed by atoms with Gasteiger partial charge in [0.2, 0.25) is 5.43 Å². The summed E-state index contributed by atoms with van der Waals surface area (Å²) in [6.45, 7) is 2.03. The van der Waals surface area contributed by atoms with Gasteiger partial charge >= 0.3 is 0 Å². The zero-order chi connectivity index (χ0) is 20.4. The summed E-state index contributed by atoms with van der Waals surface area (Å²) < 4.78 is 1.54. The van der Waals surface area contributed by atoms with Crippen molar-refractivity contribution in [1.29, 1.82) is 0 Å². The van der Waals surface area contributed by atoms with E-state index in [0.29, 0.717) is 22.3 Å². The number of aryl methyl sites for hydroxylation is 1. The third-order valence-electron chi connectivity index (χ3n) is 4.62. The highest BCUT2D eigenvalue weighted by Crippen LogP contribution is 2.22. The molecule has 0 N–H and O–H groups in total. The van der Waals surface area contributed by atoms with E-state index in [1.165, 1.54) is 28.4 Å². The fourth-order valence-electron chi connectivity index (χ4n) is 3.10. The fourth-order valence-corrected chi connectivity index (χ4v) is 3.10. The molecule has 0 fully saturated rings. The molecule has 0 aliphatic heterocycles. The second-order valence-electron chi connectivity index (χ2n) is 6.66. The smallest absolute Gasteiger partial charge is 0.269 e. The van der Waals surface area contributed by atoms with Crippen LogP contribution in [0.2, 0.25) is 0 Å². The van der Waals surface area contributed by atoms with Crippen LogP contribution in [0.5, 0.6) is 0 Å². The van der Waals surface area contributed by atoms with Gasteiger partial charge < -0.3 is 0 Å². The average Bonchev–Trinajstić information content (AvgIpc) is 2.98. The lowest BCUT2D eigenvalue weighted by molar-refractivity contribution is -0.384. The predicted molar refractivity (Wildman–Crippen MR) is 114 cm³/mol. The Balaban J connectivity index is 1.87. The number of hydrogen-bond donors (Lipinski definition) is 0. The molecule has 0 aliphatic rings. The quantitative estimate of drug-likeness (QED) is 0.375. The number of benzene rings is 2. The molecule has 0 aliphatic carbocycles. The van der Waals surface area contributed by atoms with E-state index in [4.69, 9.17) is 0 Å². The van der Waals surface area contributed by atoms with Gasteiger partial charge in [0, 0.05) is 17.5 Å². The SMILES string of the molecule is Cc1ccc(C=Cc2nn(-c3ccc([N+](=O)[O-])cc3)c3c(=O)ccccc23)cc1. The maximum Gasteiger partial charge on any atom is 0.269 e. The maximum absolute atomic E-state index is 12.7. The van der Waals surface area contributed by atoms with Crippen LogP contribution in [0.1, 0.15) is 16.8 Å². The van der Waals surface area contributed by atoms with Crippen molar-refractivity contribution in [2.24, 2.45) is 0 Å². The molecule has 0 spiro atoms. The predicted octanol–water partition coefficient (Wildman–Crippen LogP) is 4.77. The Labute approximate surface area is 166 Å². The molecule has 3 aromatic carbocycles. The van der Waals surface area contributed by atoms with Crippen LogP contribution in [0.15, 0.2) is 77.6 Å². The van der Waals surface area contributed by atoms with E-state index in [2.05, 4.69) is 5.10 Å². The highest BCUT2D eigenvalue weighted by Gasteiger charge is 2.13. The zero-order valence-corrected chi connectivity index (χ0v) is 15.6. The summed E-state index contributed by atoms with van der Waals surface area (Å²) in [6.07, 6.45) is 3.81. The molecule has 0 unspecified atom stereocenters. The summed E-state index contributed by atoms with van der Waals surface area (Å²) in [6, 6.07) is 20.9. The molecule has 29 heavy (non-hydrogen) atoms. The van der Waals surface area contributed by atoms with Gasteiger partial charge in [-0.1, -0.05) is 54.1 Å². The second kappa shape index (κ2) is 7.52. The number of nitro groups is 1. The molecule has 1 aromatic heterocycles. The monoisotopic (exact) mass is 383 g/mol. The molecule has 142 valence electrons. The second-order valence-corrected chi connectivity index (χ2v) is 6.66. The van der Waals surface area contributed by atoms with Gasteiger partial charge in [-0.05, 0) is 36.8 Å². The number of nitrogens with zero attached hydrogens (tertiary/aromatic N) is 3. The third kappa shape index (κ3) is 3.68. The van der Waals surface area contributed by atoms with Crippen LogP contribution in [-0.4, -0.2) is 14.7 Å². The first-order valence-corrected chi connectivity index (χ1v) is 9.04. The van der Waals surface area contributed by atoms with Gasteiger partial charge in [-0.25, -0.2) is 4.68 Å². The van der Waals surface area contributed by atoms with Crippen molar-refractivity contribution in [3.63, 3.8) is 0 Å². The van der Waals surface area contributed by atoms with E-state index in [-0.39, 0.29) is 11.1 Å². The first-order chi connectivity index (χ1) is 14.0. The molecule has 6 nitrogen and oxygen atoms in total. The summed E-state index contributed by atoms with van der Waals surface area (Å²) in [5.41, 5.74) is 3.66. The van der Waals surface area contributed by atoms with Crippen LogP contribution in [0, 0.1) is 17.0 Å². The highest BCUT2D eigenvalue weighted by atomic mass is 16.6. The third-order valence-corrected chi connectivity index (χ3v) is 4.62. The molecule has 0 saturated carbocycles. The lowest BCUT2D eigenvalue weighted by atomic mass is 10.1. The van der Waals surface area contributed by atoms with Crippen molar-refractivity contribution in [3.8, 4) is 5.69 Å². The molecule has 4 rings (SSSR count).